The van der Waals surface area contributed by atoms with E-state index in [1.54, 1.807) is 19.2 Å². The minimum Gasteiger partial charge on any atom is -0.466 e. The second kappa shape index (κ2) is 4.40. The highest BCUT2D eigenvalue weighted by atomic mass is 16.5. The van der Waals surface area contributed by atoms with E-state index in [9.17, 15) is 4.79 Å². The van der Waals surface area contributed by atoms with Gasteiger partial charge in [0.1, 0.15) is 5.82 Å². The third-order valence-electron chi connectivity index (χ3n) is 2.51. The number of nitrogens with two attached hydrogens (primary N) is 1. The summed E-state index contributed by atoms with van der Waals surface area (Å²) in [6, 6.07) is 1.76. The Morgan fingerprint density at radius 2 is 2.35 bits per heavy atom. The van der Waals surface area contributed by atoms with Gasteiger partial charge in [-0.15, -0.1) is 0 Å². The van der Waals surface area contributed by atoms with Crippen molar-refractivity contribution in [1.82, 2.24) is 14.6 Å². The summed E-state index contributed by atoms with van der Waals surface area (Å²) in [4.78, 5) is 15.8. The molecule has 0 aliphatic carbocycles. The number of carbonyl (C=O) groups excluding carboxylic acids is 1. The molecule has 0 aliphatic rings. The number of rotatable bonds is 3. The van der Waals surface area contributed by atoms with Crippen molar-refractivity contribution in [1.29, 1.82) is 0 Å². The zero-order valence-corrected chi connectivity index (χ0v) is 9.80. The van der Waals surface area contributed by atoms with Crippen molar-refractivity contribution in [2.24, 2.45) is 0 Å². The van der Waals surface area contributed by atoms with Gasteiger partial charge >= 0.3 is 5.97 Å². The fourth-order valence-electron chi connectivity index (χ4n) is 1.69. The summed E-state index contributed by atoms with van der Waals surface area (Å²) in [6.07, 6.45) is 1.74. The minimum absolute atomic E-state index is 0.119. The van der Waals surface area contributed by atoms with Crippen LogP contribution in [0, 0.1) is 6.92 Å². The highest BCUT2D eigenvalue weighted by Crippen LogP contribution is 2.17. The van der Waals surface area contributed by atoms with Gasteiger partial charge in [-0.3, -0.25) is 4.79 Å². The number of nitrogens with zero attached hydrogens (tertiary/aromatic N) is 3. The summed E-state index contributed by atoms with van der Waals surface area (Å²) in [5.41, 5.74) is 8.03. The molecule has 90 valence electrons. The average molecular weight is 234 g/mol. The molecule has 0 amide bonds. The monoisotopic (exact) mass is 234 g/mol. The SMILES string of the molecule is CCOC(=O)Cc1c(C)nc2ccnn2c1N. The van der Waals surface area contributed by atoms with Crippen LogP contribution in [0.4, 0.5) is 5.82 Å². The van der Waals surface area contributed by atoms with Crippen LogP contribution in [0.3, 0.4) is 0 Å². The van der Waals surface area contributed by atoms with Crippen molar-refractivity contribution in [3.63, 3.8) is 0 Å². The van der Waals surface area contributed by atoms with Gasteiger partial charge in [-0.1, -0.05) is 0 Å². The van der Waals surface area contributed by atoms with Crippen molar-refractivity contribution in [2.45, 2.75) is 20.3 Å². The second-order valence-electron chi connectivity index (χ2n) is 3.64. The van der Waals surface area contributed by atoms with Gasteiger partial charge in [0.2, 0.25) is 0 Å². The third kappa shape index (κ3) is 2.06. The Hall–Kier alpha value is -2.11. The van der Waals surface area contributed by atoms with E-state index < -0.39 is 0 Å². The van der Waals surface area contributed by atoms with Crippen LogP contribution >= 0.6 is 0 Å². The van der Waals surface area contributed by atoms with Crippen LogP contribution in [-0.4, -0.2) is 27.2 Å². The molecule has 0 saturated heterocycles. The Morgan fingerprint density at radius 1 is 1.59 bits per heavy atom. The average Bonchev–Trinajstić information content (AvgIpc) is 2.72. The van der Waals surface area contributed by atoms with E-state index in [-0.39, 0.29) is 12.4 Å². The lowest BCUT2D eigenvalue weighted by molar-refractivity contribution is -0.142. The zero-order chi connectivity index (χ0) is 12.4. The second-order valence-corrected chi connectivity index (χ2v) is 3.64. The maximum atomic E-state index is 11.5. The number of aromatic nitrogens is 3. The van der Waals surface area contributed by atoms with Gasteiger partial charge in [0.25, 0.3) is 0 Å². The van der Waals surface area contributed by atoms with Crippen LogP contribution in [0.1, 0.15) is 18.2 Å². The van der Waals surface area contributed by atoms with Crippen LogP contribution in [0.15, 0.2) is 12.3 Å². The minimum atomic E-state index is -0.310. The lowest BCUT2D eigenvalue weighted by Crippen LogP contribution is -2.14. The largest absolute Gasteiger partial charge is 0.466 e. The molecule has 0 radical (unpaired) electrons. The van der Waals surface area contributed by atoms with Crippen LogP contribution in [-0.2, 0) is 16.0 Å². The number of ether oxygens (including phenoxy) is 1. The van der Waals surface area contributed by atoms with Gasteiger partial charge in [0, 0.05) is 17.3 Å². The summed E-state index contributed by atoms with van der Waals surface area (Å²) in [7, 11) is 0. The van der Waals surface area contributed by atoms with E-state index in [0.717, 1.165) is 5.69 Å². The van der Waals surface area contributed by atoms with E-state index >= 15 is 0 Å². The summed E-state index contributed by atoms with van der Waals surface area (Å²) in [6.45, 7) is 3.94. The fraction of sp³-hybridized carbons (Fsp3) is 0.364. The van der Waals surface area contributed by atoms with E-state index in [0.29, 0.717) is 23.6 Å². The fourth-order valence-corrected chi connectivity index (χ4v) is 1.69. The molecule has 0 aromatic carbocycles. The quantitative estimate of drug-likeness (QED) is 0.791. The lowest BCUT2D eigenvalue weighted by Gasteiger charge is -2.09. The molecule has 2 aromatic heterocycles. The van der Waals surface area contributed by atoms with Gasteiger partial charge in [0.05, 0.1) is 19.2 Å². The molecule has 0 aliphatic heterocycles. The van der Waals surface area contributed by atoms with Crippen molar-refractivity contribution < 1.29 is 9.53 Å². The molecule has 0 unspecified atom stereocenters. The number of hydrogen-bond acceptors (Lipinski definition) is 5. The summed E-state index contributed by atoms with van der Waals surface area (Å²) >= 11 is 0. The zero-order valence-electron chi connectivity index (χ0n) is 9.80. The molecule has 17 heavy (non-hydrogen) atoms. The number of anilines is 1. The van der Waals surface area contributed by atoms with Crippen LogP contribution in [0.5, 0.6) is 0 Å². The molecule has 2 heterocycles. The maximum absolute atomic E-state index is 11.5. The van der Waals surface area contributed by atoms with E-state index in [4.69, 9.17) is 10.5 Å². The maximum Gasteiger partial charge on any atom is 0.310 e. The summed E-state index contributed by atoms with van der Waals surface area (Å²) in [5.74, 6) is 0.126. The predicted octanol–water partition coefficient (Wildman–Crippen LogP) is 0.726. The Morgan fingerprint density at radius 3 is 3.06 bits per heavy atom. The third-order valence-corrected chi connectivity index (χ3v) is 2.51. The summed E-state index contributed by atoms with van der Waals surface area (Å²) < 4.78 is 6.41. The predicted molar refractivity (Wildman–Crippen MR) is 62.5 cm³/mol. The Balaban J connectivity index is 2.42. The highest BCUT2D eigenvalue weighted by molar-refractivity contribution is 5.75. The number of esters is 1. The Bertz CT molecular complexity index is 562. The standard InChI is InChI=1S/C11H14N4O2/c1-3-17-10(16)6-8-7(2)14-9-4-5-13-15(9)11(8)12/h4-5H,3,6,12H2,1-2H3. The number of fused-ring (bicyclic) bond motifs is 1. The molecule has 2 N–H and O–H groups in total. The van der Waals surface area contributed by atoms with Crippen molar-refractivity contribution >= 4 is 17.4 Å². The molecule has 6 nitrogen and oxygen atoms in total. The lowest BCUT2D eigenvalue weighted by atomic mass is 10.1. The molecule has 6 heteroatoms. The molecule has 2 rings (SSSR count). The Labute approximate surface area is 98.4 Å². The van der Waals surface area contributed by atoms with Crippen LogP contribution in [0.2, 0.25) is 0 Å². The van der Waals surface area contributed by atoms with Gasteiger partial charge in [-0.05, 0) is 13.8 Å². The first-order valence-corrected chi connectivity index (χ1v) is 5.37. The number of hydrogen-bond donors (Lipinski definition) is 1. The van der Waals surface area contributed by atoms with E-state index in [2.05, 4.69) is 10.1 Å². The number of nitrogen functional groups attached to an aromatic ring is 1. The van der Waals surface area contributed by atoms with E-state index in [1.165, 1.54) is 4.52 Å². The molecule has 0 atom stereocenters. The van der Waals surface area contributed by atoms with Gasteiger partial charge < -0.3 is 10.5 Å². The molecule has 0 bridgehead atoms. The molecule has 0 fully saturated rings. The summed E-state index contributed by atoms with van der Waals surface area (Å²) in [5, 5.41) is 4.05. The molecular weight excluding hydrogens is 220 g/mol. The topological polar surface area (TPSA) is 82.5 Å². The first-order chi connectivity index (χ1) is 8.13. The molecular formula is C11H14N4O2. The first kappa shape index (κ1) is 11.4. The van der Waals surface area contributed by atoms with Crippen molar-refractivity contribution in [3.8, 4) is 0 Å². The number of carbonyl (C=O) groups is 1. The highest BCUT2D eigenvalue weighted by Gasteiger charge is 2.14. The van der Waals surface area contributed by atoms with Crippen molar-refractivity contribution in [3.05, 3.63) is 23.5 Å². The normalized spacial score (nSPS) is 10.7. The van der Waals surface area contributed by atoms with Gasteiger partial charge in [-0.25, -0.2) is 4.98 Å². The van der Waals surface area contributed by atoms with Crippen LogP contribution in [0.25, 0.3) is 5.65 Å². The van der Waals surface area contributed by atoms with Crippen molar-refractivity contribution in [2.75, 3.05) is 12.3 Å². The van der Waals surface area contributed by atoms with Crippen LogP contribution < -0.4 is 5.73 Å². The van der Waals surface area contributed by atoms with E-state index in [1.807, 2.05) is 6.92 Å². The Kier molecular flexibility index (Phi) is 2.95. The molecule has 0 spiro atoms. The smallest absolute Gasteiger partial charge is 0.310 e. The first-order valence-electron chi connectivity index (χ1n) is 5.37. The molecule has 0 saturated carbocycles. The van der Waals surface area contributed by atoms with Gasteiger partial charge in [-0.2, -0.15) is 9.61 Å². The van der Waals surface area contributed by atoms with Gasteiger partial charge in [0.15, 0.2) is 5.65 Å². The number of aryl methyl sites for hydroxylation is 1. The molecule has 2 aromatic rings.